The Kier molecular flexibility index (Phi) is 4.73. The molecule has 1 heterocycles. The van der Waals surface area contributed by atoms with Crippen molar-refractivity contribution in [1.82, 2.24) is 9.97 Å². The summed E-state index contributed by atoms with van der Waals surface area (Å²) in [5.74, 6) is 2.01. The van der Waals surface area contributed by atoms with E-state index < -0.39 is 0 Å². The topological polar surface area (TPSA) is 61.0 Å². The van der Waals surface area contributed by atoms with Crippen molar-refractivity contribution >= 4 is 5.82 Å². The number of ether oxygens (including phenoxy) is 1. The molecule has 1 aromatic rings. The molecule has 0 fully saturated rings. The molecule has 0 saturated heterocycles. The Balaban J connectivity index is 2.87. The van der Waals surface area contributed by atoms with Crippen molar-refractivity contribution in [1.29, 1.82) is 0 Å². The highest BCUT2D eigenvalue weighted by Crippen LogP contribution is 2.29. The lowest BCUT2D eigenvalue weighted by Gasteiger charge is -2.19. The van der Waals surface area contributed by atoms with Gasteiger partial charge in [0.15, 0.2) is 0 Å². The van der Waals surface area contributed by atoms with E-state index in [0.717, 1.165) is 12.0 Å². The largest absolute Gasteiger partial charge is 0.474 e. The normalized spacial score (nSPS) is 13.1. The zero-order valence-electron chi connectivity index (χ0n) is 11.4. The maximum absolute atomic E-state index is 5.87. The zero-order valence-corrected chi connectivity index (χ0v) is 11.4. The molecule has 1 unspecified atom stereocenters. The second kappa shape index (κ2) is 5.84. The Labute approximate surface area is 104 Å². The fourth-order valence-corrected chi connectivity index (χ4v) is 1.93. The van der Waals surface area contributed by atoms with Crippen LogP contribution in [0.1, 0.15) is 52.5 Å². The van der Waals surface area contributed by atoms with E-state index in [1.165, 1.54) is 6.33 Å². The second-order valence-corrected chi connectivity index (χ2v) is 5.19. The number of rotatable bonds is 5. The van der Waals surface area contributed by atoms with Gasteiger partial charge in [-0.05, 0) is 25.2 Å². The zero-order chi connectivity index (χ0) is 13.0. The Hall–Kier alpha value is -1.32. The molecule has 0 spiro atoms. The molecule has 4 heteroatoms. The third-order valence-electron chi connectivity index (χ3n) is 2.57. The smallest absolute Gasteiger partial charge is 0.222 e. The average Bonchev–Trinajstić information content (AvgIpc) is 2.15. The molecule has 0 aliphatic carbocycles. The van der Waals surface area contributed by atoms with Gasteiger partial charge in [0.2, 0.25) is 5.88 Å². The molecular weight excluding hydrogens is 214 g/mol. The highest BCUT2D eigenvalue weighted by atomic mass is 16.5. The molecular formula is C13H23N3O. The Morgan fingerprint density at radius 3 is 2.35 bits per heavy atom. The highest BCUT2D eigenvalue weighted by molar-refractivity contribution is 5.46. The summed E-state index contributed by atoms with van der Waals surface area (Å²) in [6, 6.07) is 0. The molecule has 4 nitrogen and oxygen atoms in total. The Morgan fingerprint density at radius 2 is 1.82 bits per heavy atom. The summed E-state index contributed by atoms with van der Waals surface area (Å²) >= 11 is 0. The van der Waals surface area contributed by atoms with Crippen molar-refractivity contribution in [2.24, 2.45) is 5.92 Å². The Bertz CT molecular complexity index is 364. The van der Waals surface area contributed by atoms with Crippen molar-refractivity contribution in [3.05, 3.63) is 11.9 Å². The molecule has 96 valence electrons. The van der Waals surface area contributed by atoms with Gasteiger partial charge >= 0.3 is 0 Å². The molecule has 0 bridgehead atoms. The lowest BCUT2D eigenvalue weighted by atomic mass is 10.0. The van der Waals surface area contributed by atoms with Crippen LogP contribution >= 0.6 is 0 Å². The van der Waals surface area contributed by atoms with Crippen LogP contribution in [0.25, 0.3) is 0 Å². The monoisotopic (exact) mass is 237 g/mol. The molecule has 0 aliphatic rings. The maximum Gasteiger partial charge on any atom is 0.222 e. The van der Waals surface area contributed by atoms with Crippen LogP contribution in [-0.2, 0) is 0 Å². The summed E-state index contributed by atoms with van der Waals surface area (Å²) in [7, 11) is 0. The predicted octanol–water partition coefficient (Wildman–Crippen LogP) is 3.00. The van der Waals surface area contributed by atoms with Gasteiger partial charge in [-0.1, -0.05) is 27.7 Å². The summed E-state index contributed by atoms with van der Waals surface area (Å²) in [5.41, 5.74) is 6.77. The van der Waals surface area contributed by atoms with Crippen LogP contribution in [0.2, 0.25) is 0 Å². The maximum atomic E-state index is 5.87. The van der Waals surface area contributed by atoms with Crippen molar-refractivity contribution in [3.63, 3.8) is 0 Å². The number of hydrogen-bond donors (Lipinski definition) is 1. The summed E-state index contributed by atoms with van der Waals surface area (Å²) < 4.78 is 5.87. The molecule has 1 atom stereocenters. The third-order valence-corrected chi connectivity index (χ3v) is 2.57. The van der Waals surface area contributed by atoms with Gasteiger partial charge in [0.1, 0.15) is 12.1 Å². The van der Waals surface area contributed by atoms with E-state index in [1.807, 2.05) is 0 Å². The van der Waals surface area contributed by atoms with Gasteiger partial charge in [-0.25, -0.2) is 9.97 Å². The molecule has 1 rings (SSSR count). The number of nitrogen functional groups attached to an aromatic ring is 1. The first-order valence-corrected chi connectivity index (χ1v) is 6.18. The van der Waals surface area contributed by atoms with E-state index in [2.05, 4.69) is 44.6 Å². The molecule has 17 heavy (non-hydrogen) atoms. The van der Waals surface area contributed by atoms with Gasteiger partial charge in [-0.15, -0.1) is 0 Å². The summed E-state index contributed by atoms with van der Waals surface area (Å²) in [6.45, 7) is 10.5. The van der Waals surface area contributed by atoms with Crippen molar-refractivity contribution in [2.75, 3.05) is 5.73 Å². The number of anilines is 1. The van der Waals surface area contributed by atoms with E-state index >= 15 is 0 Å². The molecule has 0 aromatic carbocycles. The SMILES string of the molecule is CC(C)CC(C)Oc1ncnc(N)c1C(C)C. The lowest BCUT2D eigenvalue weighted by Crippen LogP contribution is -2.17. The first kappa shape index (κ1) is 13.7. The van der Waals surface area contributed by atoms with Crippen LogP contribution in [0, 0.1) is 5.92 Å². The van der Waals surface area contributed by atoms with Crippen LogP contribution in [-0.4, -0.2) is 16.1 Å². The van der Waals surface area contributed by atoms with Gasteiger partial charge in [0.25, 0.3) is 0 Å². The minimum atomic E-state index is 0.141. The van der Waals surface area contributed by atoms with E-state index in [4.69, 9.17) is 10.5 Å². The third kappa shape index (κ3) is 3.88. The quantitative estimate of drug-likeness (QED) is 0.855. The van der Waals surface area contributed by atoms with Crippen LogP contribution in [0.5, 0.6) is 5.88 Å². The highest BCUT2D eigenvalue weighted by Gasteiger charge is 2.16. The first-order valence-electron chi connectivity index (χ1n) is 6.18. The predicted molar refractivity (Wildman–Crippen MR) is 70.1 cm³/mol. The first-order chi connectivity index (χ1) is 7.91. The number of nitrogens with zero attached hydrogens (tertiary/aromatic N) is 2. The van der Waals surface area contributed by atoms with E-state index in [9.17, 15) is 0 Å². The summed E-state index contributed by atoms with van der Waals surface area (Å²) in [5, 5.41) is 0. The molecule has 1 aromatic heterocycles. The molecule has 0 aliphatic heterocycles. The van der Waals surface area contributed by atoms with Crippen molar-refractivity contribution in [3.8, 4) is 5.88 Å². The molecule has 2 N–H and O–H groups in total. The molecule has 0 radical (unpaired) electrons. The summed E-state index contributed by atoms with van der Waals surface area (Å²) in [4.78, 5) is 8.21. The lowest BCUT2D eigenvalue weighted by molar-refractivity contribution is 0.183. The molecule has 0 saturated carbocycles. The van der Waals surface area contributed by atoms with Crippen LogP contribution < -0.4 is 10.5 Å². The second-order valence-electron chi connectivity index (χ2n) is 5.19. The standard InChI is InChI=1S/C13H23N3O/c1-8(2)6-10(5)17-13-11(9(3)4)12(14)15-7-16-13/h7-10H,6H2,1-5H3,(H2,14,15,16). The van der Waals surface area contributed by atoms with Gasteiger partial charge in [0.05, 0.1) is 11.7 Å². The van der Waals surface area contributed by atoms with Crippen LogP contribution in [0.4, 0.5) is 5.82 Å². The fraction of sp³-hybridized carbons (Fsp3) is 0.692. The summed E-state index contributed by atoms with van der Waals surface area (Å²) in [6.07, 6.45) is 2.60. The van der Waals surface area contributed by atoms with Gasteiger partial charge in [-0.2, -0.15) is 0 Å². The van der Waals surface area contributed by atoms with Gasteiger partial charge in [-0.3, -0.25) is 0 Å². The van der Waals surface area contributed by atoms with E-state index in [-0.39, 0.29) is 12.0 Å². The average molecular weight is 237 g/mol. The minimum Gasteiger partial charge on any atom is -0.474 e. The van der Waals surface area contributed by atoms with Gasteiger partial charge in [0, 0.05) is 0 Å². The van der Waals surface area contributed by atoms with E-state index in [1.54, 1.807) is 0 Å². The number of nitrogens with two attached hydrogens (primary N) is 1. The van der Waals surface area contributed by atoms with Crippen molar-refractivity contribution < 1.29 is 4.74 Å². The van der Waals surface area contributed by atoms with Crippen LogP contribution in [0.15, 0.2) is 6.33 Å². The fourth-order valence-electron chi connectivity index (χ4n) is 1.93. The Morgan fingerprint density at radius 1 is 1.18 bits per heavy atom. The minimum absolute atomic E-state index is 0.141. The number of aromatic nitrogens is 2. The molecule has 0 amide bonds. The van der Waals surface area contributed by atoms with Crippen LogP contribution in [0.3, 0.4) is 0 Å². The van der Waals surface area contributed by atoms with Gasteiger partial charge < -0.3 is 10.5 Å². The van der Waals surface area contributed by atoms with E-state index in [0.29, 0.717) is 17.6 Å². The van der Waals surface area contributed by atoms with Crippen molar-refractivity contribution in [2.45, 2.75) is 53.1 Å². The number of hydrogen-bond acceptors (Lipinski definition) is 4.